The van der Waals surface area contributed by atoms with Gasteiger partial charge >= 0.3 is 0 Å². The molecule has 3 rings (SSSR count). The summed E-state index contributed by atoms with van der Waals surface area (Å²) < 4.78 is 30.6. The standard InChI is InChI=1S/C13H15BrO3S/c14-10-3-5-11(6-4-10)18(15,16)17-13-8-2-9-1-7-12(9)13/h3-6,9,12-13H,1-2,7-8H2/t9-,12-,13-/m1/s1. The molecule has 0 amide bonds. The molecule has 2 fully saturated rings. The van der Waals surface area contributed by atoms with Crippen molar-refractivity contribution in [3.8, 4) is 0 Å². The van der Waals surface area contributed by atoms with Gasteiger partial charge in [0.05, 0.1) is 11.0 Å². The van der Waals surface area contributed by atoms with Crippen LogP contribution >= 0.6 is 15.9 Å². The Morgan fingerprint density at radius 1 is 1.06 bits per heavy atom. The van der Waals surface area contributed by atoms with Crippen LogP contribution in [0.1, 0.15) is 25.7 Å². The third-order valence-electron chi connectivity index (χ3n) is 4.13. The molecule has 98 valence electrons. The van der Waals surface area contributed by atoms with E-state index in [1.807, 2.05) is 0 Å². The molecule has 1 aromatic rings. The van der Waals surface area contributed by atoms with Gasteiger partial charge in [-0.2, -0.15) is 8.42 Å². The van der Waals surface area contributed by atoms with Crippen molar-refractivity contribution >= 4 is 26.0 Å². The second kappa shape index (κ2) is 4.62. The Kier molecular flexibility index (Phi) is 3.24. The molecule has 0 unspecified atom stereocenters. The van der Waals surface area contributed by atoms with E-state index >= 15 is 0 Å². The molecule has 3 atom stereocenters. The van der Waals surface area contributed by atoms with Gasteiger partial charge in [-0.25, -0.2) is 0 Å². The normalized spacial score (nSPS) is 30.8. The minimum absolute atomic E-state index is 0.0996. The molecular weight excluding hydrogens is 316 g/mol. The summed E-state index contributed by atoms with van der Waals surface area (Å²) in [5.41, 5.74) is 0. The molecule has 5 heteroatoms. The molecule has 0 aliphatic heterocycles. The minimum Gasteiger partial charge on any atom is -0.263 e. The molecule has 0 heterocycles. The Morgan fingerprint density at radius 2 is 1.72 bits per heavy atom. The van der Waals surface area contributed by atoms with Crippen LogP contribution in [0.3, 0.4) is 0 Å². The number of benzene rings is 1. The van der Waals surface area contributed by atoms with E-state index in [0.717, 1.165) is 23.7 Å². The fraction of sp³-hybridized carbons (Fsp3) is 0.538. The molecule has 2 aliphatic rings. The molecule has 1 aromatic carbocycles. The molecule has 0 spiro atoms. The van der Waals surface area contributed by atoms with Gasteiger partial charge < -0.3 is 0 Å². The van der Waals surface area contributed by atoms with Crippen LogP contribution in [0.2, 0.25) is 0 Å². The van der Waals surface area contributed by atoms with E-state index in [1.165, 1.54) is 6.42 Å². The lowest BCUT2D eigenvalue weighted by atomic mass is 9.76. The van der Waals surface area contributed by atoms with Crippen LogP contribution in [0, 0.1) is 11.8 Å². The van der Waals surface area contributed by atoms with Crippen LogP contribution in [0.25, 0.3) is 0 Å². The van der Waals surface area contributed by atoms with Crippen molar-refractivity contribution in [2.75, 3.05) is 0 Å². The topological polar surface area (TPSA) is 43.4 Å². The zero-order valence-corrected chi connectivity index (χ0v) is 12.3. The smallest absolute Gasteiger partial charge is 0.263 e. The summed E-state index contributed by atoms with van der Waals surface area (Å²) in [5.74, 6) is 1.17. The van der Waals surface area contributed by atoms with E-state index in [4.69, 9.17) is 4.18 Å². The first-order chi connectivity index (χ1) is 8.56. The third kappa shape index (κ3) is 2.24. The van der Waals surface area contributed by atoms with Crippen LogP contribution in [0.4, 0.5) is 0 Å². The maximum atomic E-state index is 12.1. The Labute approximate surface area is 116 Å². The van der Waals surface area contributed by atoms with Gasteiger partial charge in [-0.15, -0.1) is 0 Å². The van der Waals surface area contributed by atoms with Crippen molar-refractivity contribution in [3.63, 3.8) is 0 Å². The zero-order chi connectivity index (χ0) is 12.8. The van der Waals surface area contributed by atoms with Crippen LogP contribution in [0.15, 0.2) is 33.6 Å². The lowest BCUT2D eigenvalue weighted by Crippen LogP contribution is -2.31. The Morgan fingerprint density at radius 3 is 2.28 bits per heavy atom. The van der Waals surface area contributed by atoms with Crippen molar-refractivity contribution in [3.05, 3.63) is 28.7 Å². The van der Waals surface area contributed by atoms with Gasteiger partial charge in [0, 0.05) is 4.47 Å². The predicted octanol–water partition coefficient (Wildman–Crippen LogP) is 3.34. The SMILES string of the molecule is O=S(=O)(O[C@@H]1CC[C@H]2CC[C@H]21)c1ccc(Br)cc1. The molecule has 3 nitrogen and oxygen atoms in total. The highest BCUT2D eigenvalue weighted by Gasteiger charge is 2.44. The highest BCUT2D eigenvalue weighted by Crippen LogP contribution is 2.48. The van der Waals surface area contributed by atoms with Crippen molar-refractivity contribution < 1.29 is 12.6 Å². The molecule has 0 N–H and O–H groups in total. The molecule has 18 heavy (non-hydrogen) atoms. The third-order valence-corrected chi connectivity index (χ3v) is 6.01. The summed E-state index contributed by atoms with van der Waals surface area (Å²) in [7, 11) is -3.60. The summed E-state index contributed by atoms with van der Waals surface area (Å²) in [4.78, 5) is 0.244. The summed E-state index contributed by atoms with van der Waals surface area (Å²) >= 11 is 3.29. The van der Waals surface area contributed by atoms with Crippen molar-refractivity contribution in [2.24, 2.45) is 11.8 Å². The largest absolute Gasteiger partial charge is 0.297 e. The highest BCUT2D eigenvalue weighted by atomic mass is 79.9. The Balaban J connectivity index is 1.76. The molecule has 2 aliphatic carbocycles. The van der Waals surface area contributed by atoms with Crippen molar-refractivity contribution in [1.29, 1.82) is 0 Å². The van der Waals surface area contributed by atoms with Crippen LogP contribution in [0.5, 0.6) is 0 Å². The monoisotopic (exact) mass is 330 g/mol. The van der Waals surface area contributed by atoms with Gasteiger partial charge in [0.25, 0.3) is 10.1 Å². The Bertz CT molecular complexity index is 538. The lowest BCUT2D eigenvalue weighted by Gasteiger charge is -2.33. The summed E-state index contributed by atoms with van der Waals surface area (Å²) in [5, 5.41) is 0. The number of fused-ring (bicyclic) bond motifs is 1. The van der Waals surface area contributed by atoms with Crippen LogP contribution < -0.4 is 0 Å². The van der Waals surface area contributed by atoms with E-state index in [9.17, 15) is 8.42 Å². The second-order valence-corrected chi connectivity index (χ2v) is 7.61. The maximum absolute atomic E-state index is 12.1. The minimum atomic E-state index is -3.60. The van der Waals surface area contributed by atoms with Crippen LogP contribution in [-0.4, -0.2) is 14.5 Å². The number of rotatable bonds is 3. The molecular formula is C13H15BrO3S. The number of halogens is 1. The average molecular weight is 331 g/mol. The summed E-state index contributed by atoms with van der Waals surface area (Å²) in [6.45, 7) is 0. The quantitative estimate of drug-likeness (QED) is 0.798. The first kappa shape index (κ1) is 12.6. The van der Waals surface area contributed by atoms with Gasteiger partial charge in [-0.05, 0) is 61.8 Å². The fourth-order valence-electron chi connectivity index (χ4n) is 2.97. The van der Waals surface area contributed by atoms with Gasteiger partial charge in [-0.1, -0.05) is 15.9 Å². The highest BCUT2D eigenvalue weighted by molar-refractivity contribution is 9.10. The van der Waals surface area contributed by atoms with E-state index in [-0.39, 0.29) is 11.0 Å². The van der Waals surface area contributed by atoms with E-state index in [1.54, 1.807) is 24.3 Å². The van der Waals surface area contributed by atoms with Gasteiger partial charge in [0.1, 0.15) is 0 Å². The van der Waals surface area contributed by atoms with E-state index < -0.39 is 10.1 Å². The maximum Gasteiger partial charge on any atom is 0.297 e. The van der Waals surface area contributed by atoms with Crippen molar-refractivity contribution in [1.82, 2.24) is 0 Å². The van der Waals surface area contributed by atoms with Crippen LogP contribution in [-0.2, 0) is 14.3 Å². The Hall–Kier alpha value is -0.390. The van der Waals surface area contributed by atoms with E-state index in [0.29, 0.717) is 11.8 Å². The van der Waals surface area contributed by atoms with E-state index in [2.05, 4.69) is 15.9 Å². The zero-order valence-electron chi connectivity index (χ0n) is 9.88. The first-order valence-corrected chi connectivity index (χ1v) is 8.45. The van der Waals surface area contributed by atoms with Gasteiger partial charge in [0.2, 0.25) is 0 Å². The number of hydrogen-bond donors (Lipinski definition) is 0. The lowest BCUT2D eigenvalue weighted by molar-refractivity contribution is 0.0908. The van der Waals surface area contributed by atoms with Gasteiger partial charge in [0.15, 0.2) is 0 Å². The van der Waals surface area contributed by atoms with Gasteiger partial charge in [-0.3, -0.25) is 4.18 Å². The fourth-order valence-corrected chi connectivity index (χ4v) is 4.38. The molecule has 0 bridgehead atoms. The summed E-state index contributed by atoms with van der Waals surface area (Å²) in [6, 6.07) is 6.59. The molecule has 2 saturated carbocycles. The second-order valence-electron chi connectivity index (χ2n) is 5.12. The predicted molar refractivity (Wildman–Crippen MR) is 71.6 cm³/mol. The first-order valence-electron chi connectivity index (χ1n) is 6.25. The molecule has 0 saturated heterocycles. The summed E-state index contributed by atoms with van der Waals surface area (Å²) in [6.07, 6.45) is 4.25. The average Bonchev–Trinajstić information content (AvgIpc) is 2.52. The number of hydrogen-bond acceptors (Lipinski definition) is 3. The molecule has 0 radical (unpaired) electrons. The molecule has 0 aromatic heterocycles. The van der Waals surface area contributed by atoms with Crippen molar-refractivity contribution in [2.45, 2.75) is 36.7 Å².